The third-order valence-electron chi connectivity index (χ3n) is 17.7. The molecule has 0 unspecified atom stereocenters. The number of nitrogens with one attached hydrogen (secondary N) is 3. The van der Waals surface area contributed by atoms with Gasteiger partial charge in [-0.2, -0.15) is 4.98 Å². The first kappa shape index (κ1) is 51.2. The molecule has 1 amide bonds. The summed E-state index contributed by atoms with van der Waals surface area (Å²) in [7, 11) is -4.72. The number of pyridine rings is 1. The zero-order valence-electron chi connectivity index (χ0n) is 43.7. The van der Waals surface area contributed by atoms with Gasteiger partial charge in [-0.3, -0.25) is 24.7 Å². The summed E-state index contributed by atoms with van der Waals surface area (Å²) in [6.07, 6.45) is 13.3. The molecule has 4 aliphatic heterocycles. The van der Waals surface area contributed by atoms with Crippen LogP contribution >= 0.6 is 0 Å². The Balaban J connectivity index is 0.847. The summed E-state index contributed by atoms with van der Waals surface area (Å²) in [6.45, 7) is 13.7. The molecule has 4 N–H and O–H groups in total. The zero-order chi connectivity index (χ0) is 52.2. The van der Waals surface area contributed by atoms with Gasteiger partial charge in [-0.1, -0.05) is 45.0 Å². The normalized spacial score (nSPS) is 25.2. The number of H-pyrrole nitrogens is 1. The molecule has 6 heterocycles. The second kappa shape index (κ2) is 20.5. The largest absolute Gasteiger partial charge is 0.489 e. The van der Waals surface area contributed by atoms with Gasteiger partial charge in [0.05, 0.1) is 27.0 Å². The van der Waals surface area contributed by atoms with Crippen molar-refractivity contribution in [3.63, 3.8) is 0 Å². The van der Waals surface area contributed by atoms with Crippen LogP contribution < -0.4 is 29.1 Å². The predicted molar refractivity (Wildman–Crippen MR) is 288 cm³/mol. The molecule has 400 valence electrons. The Kier molecular flexibility index (Phi) is 14.0. The van der Waals surface area contributed by atoms with Crippen molar-refractivity contribution in [1.29, 1.82) is 0 Å². The minimum absolute atomic E-state index is 0.00215. The molecule has 2 saturated carbocycles. The lowest BCUT2D eigenvalue weighted by atomic mass is 9.59. The van der Waals surface area contributed by atoms with Crippen molar-refractivity contribution in [2.24, 2.45) is 11.3 Å². The molecule has 5 aromatic rings. The molecule has 75 heavy (non-hydrogen) atoms. The number of hydrogen-bond acceptors (Lipinski definition) is 14. The second-order valence-corrected chi connectivity index (χ2v) is 24.5. The Hall–Kier alpha value is -5.95. The highest BCUT2D eigenvalue weighted by molar-refractivity contribution is 7.90. The molecule has 6 aliphatic rings. The van der Waals surface area contributed by atoms with Crippen molar-refractivity contribution in [3.8, 4) is 23.1 Å². The Morgan fingerprint density at radius 2 is 1.75 bits per heavy atom. The van der Waals surface area contributed by atoms with E-state index < -0.39 is 37.0 Å². The zero-order valence-corrected chi connectivity index (χ0v) is 44.5. The first-order valence-corrected chi connectivity index (χ1v) is 28.8. The van der Waals surface area contributed by atoms with Gasteiger partial charge in [-0.05, 0) is 156 Å². The van der Waals surface area contributed by atoms with Crippen LogP contribution in [0.15, 0.2) is 77.8 Å². The predicted octanol–water partition coefficient (Wildman–Crippen LogP) is 10.1. The standard InChI is InChI=1S/C57H72N8O9S/c1-5-62-24-8-10-40(62)34-73-55-51(28-38-18-23-58-53(38)60-55)74-49-29-39(63-26-21-57(22-27-63)32-41(33-57)64-25-9-13-47(64)44-12-7-6-11-43(44)36(2)3)14-15-45(49)54(66)61-75(70,71)42-30-48(65(68)69)52-50(31-42)72-35-46(59-52)37-16-19-56(4,67)20-17-37/h6-7,11-12,14-15,18,23,28-31,36-37,40-41,46-47,59,67H,5,8-10,13,16-17,19-22,24-27,32-35H2,1-4H3,(H,58,60)(H,61,66)/t37?,40-,46+,47+,56?/m0/s1. The summed E-state index contributed by atoms with van der Waals surface area (Å²) in [5.41, 5.74) is 3.41. The number of hydrogen-bond donors (Lipinski definition) is 4. The number of piperidine rings is 1. The molecular weight excluding hydrogens is 973 g/mol. The van der Waals surface area contributed by atoms with E-state index in [2.05, 4.69) is 74.8 Å². The van der Waals surface area contributed by atoms with E-state index in [1.54, 1.807) is 24.4 Å². The lowest BCUT2D eigenvalue weighted by Gasteiger charge is -2.56. The number of likely N-dealkylation sites (N-methyl/N-ethyl adjacent to an activating group) is 1. The topological polar surface area (TPSA) is 205 Å². The third kappa shape index (κ3) is 10.4. The third-order valence-corrected chi connectivity index (χ3v) is 19.0. The van der Waals surface area contributed by atoms with Crippen molar-refractivity contribution >= 4 is 44.0 Å². The van der Waals surface area contributed by atoms with Gasteiger partial charge >= 0.3 is 0 Å². The summed E-state index contributed by atoms with van der Waals surface area (Å²) >= 11 is 0. The molecule has 3 atom stereocenters. The summed E-state index contributed by atoms with van der Waals surface area (Å²) in [5, 5.41) is 27.1. The highest BCUT2D eigenvalue weighted by Gasteiger charge is 2.50. The number of aromatic amines is 1. The number of aromatic nitrogens is 2. The highest BCUT2D eigenvalue weighted by Crippen LogP contribution is 2.55. The van der Waals surface area contributed by atoms with Crippen LogP contribution in [0, 0.1) is 21.4 Å². The van der Waals surface area contributed by atoms with Gasteiger partial charge in [0, 0.05) is 66.7 Å². The van der Waals surface area contributed by atoms with Crippen LogP contribution in [-0.4, -0.2) is 114 Å². The number of carbonyl (C=O) groups excluding carboxylic acids is 1. The van der Waals surface area contributed by atoms with Gasteiger partial charge in [0.1, 0.15) is 24.6 Å². The summed E-state index contributed by atoms with van der Waals surface area (Å²) < 4.78 is 49.9. The lowest BCUT2D eigenvalue weighted by Crippen LogP contribution is -2.54. The monoisotopic (exact) mass is 1040 g/mol. The maximum absolute atomic E-state index is 14.5. The van der Waals surface area contributed by atoms with Gasteiger partial charge in [-0.15, -0.1) is 0 Å². The Labute approximate surface area is 439 Å². The molecule has 0 bridgehead atoms. The van der Waals surface area contributed by atoms with E-state index in [9.17, 15) is 28.4 Å². The van der Waals surface area contributed by atoms with Gasteiger partial charge < -0.3 is 34.5 Å². The van der Waals surface area contributed by atoms with E-state index in [4.69, 9.17) is 19.2 Å². The quantitative estimate of drug-likeness (QED) is 0.0569. The lowest BCUT2D eigenvalue weighted by molar-refractivity contribution is -0.384. The maximum atomic E-state index is 14.5. The average Bonchev–Trinajstić information content (AvgIpc) is 4.19. The van der Waals surface area contributed by atoms with Crippen molar-refractivity contribution in [2.75, 3.05) is 56.2 Å². The van der Waals surface area contributed by atoms with Crippen molar-refractivity contribution in [3.05, 3.63) is 99.7 Å². The minimum Gasteiger partial charge on any atom is -0.489 e. The average molecular weight is 1050 g/mol. The van der Waals surface area contributed by atoms with Gasteiger partial charge in [0.25, 0.3) is 27.5 Å². The van der Waals surface area contributed by atoms with Crippen LogP contribution in [0.5, 0.6) is 23.1 Å². The van der Waals surface area contributed by atoms with Crippen molar-refractivity contribution < 1.29 is 37.5 Å². The molecule has 2 aromatic heterocycles. The Morgan fingerprint density at radius 3 is 2.51 bits per heavy atom. The molecule has 3 saturated heterocycles. The van der Waals surface area contributed by atoms with Gasteiger partial charge in [0.15, 0.2) is 17.2 Å². The van der Waals surface area contributed by atoms with E-state index in [1.807, 2.05) is 19.1 Å². The number of sulfonamides is 1. The number of nitro benzene ring substituents is 1. The van der Waals surface area contributed by atoms with E-state index in [0.717, 1.165) is 75.5 Å². The fourth-order valence-corrected chi connectivity index (χ4v) is 14.3. The van der Waals surface area contributed by atoms with Crippen LogP contribution in [-0.2, 0) is 10.0 Å². The number of nitrogens with zero attached hydrogens (tertiary/aromatic N) is 5. The molecule has 0 radical (unpaired) electrons. The number of ether oxygens (including phenoxy) is 3. The van der Waals surface area contributed by atoms with Crippen LogP contribution in [0.1, 0.15) is 138 Å². The van der Waals surface area contributed by atoms with Gasteiger partial charge in [-0.25, -0.2) is 13.1 Å². The molecule has 2 aliphatic carbocycles. The van der Waals surface area contributed by atoms with E-state index in [0.29, 0.717) is 55.9 Å². The van der Waals surface area contributed by atoms with Crippen LogP contribution in [0.25, 0.3) is 11.0 Å². The second-order valence-electron chi connectivity index (χ2n) is 22.9. The number of fused-ring (bicyclic) bond motifs is 2. The molecule has 11 rings (SSSR count). The SMILES string of the molecule is CCN1CCC[C@H]1COc1nc2[nH]ccc2cc1Oc1cc(N2CCC3(CC2)CC(N2CCC[C@@H]2c2ccccc2C(C)C)C3)ccc1C(=O)NS(=O)(=O)c1cc2c(c([N+](=O)[O-])c1)N[C@@H](C1CCC(C)(O)CC1)CO2. The highest BCUT2D eigenvalue weighted by atomic mass is 32.2. The van der Waals surface area contributed by atoms with Gasteiger partial charge in [0.2, 0.25) is 0 Å². The maximum Gasteiger partial charge on any atom is 0.297 e. The summed E-state index contributed by atoms with van der Waals surface area (Å²) in [6, 6.07) is 21.0. The van der Waals surface area contributed by atoms with Crippen LogP contribution in [0.3, 0.4) is 0 Å². The van der Waals surface area contributed by atoms with Crippen molar-refractivity contribution in [2.45, 2.75) is 145 Å². The Morgan fingerprint density at radius 1 is 0.973 bits per heavy atom. The molecule has 1 spiro atoms. The number of nitro groups is 1. The molecule has 3 aromatic carbocycles. The van der Waals surface area contributed by atoms with Crippen LogP contribution in [0.4, 0.5) is 17.1 Å². The summed E-state index contributed by atoms with van der Waals surface area (Å²) in [4.78, 5) is 41.4. The number of aliphatic hydroxyl groups is 1. The smallest absolute Gasteiger partial charge is 0.297 e. The summed E-state index contributed by atoms with van der Waals surface area (Å²) in [5.74, 6) is 0.185. The minimum atomic E-state index is -4.72. The molecule has 5 fully saturated rings. The molecule has 17 nitrogen and oxygen atoms in total. The Bertz CT molecular complexity index is 3040. The number of carbonyl (C=O) groups is 1. The van der Waals surface area contributed by atoms with Crippen molar-refractivity contribution in [1.82, 2.24) is 24.5 Å². The van der Waals surface area contributed by atoms with E-state index in [-0.39, 0.29) is 64.4 Å². The molecular formula is C57H72N8O9S. The number of likely N-dealkylation sites (tertiary alicyclic amines) is 2. The first-order valence-electron chi connectivity index (χ1n) is 27.3. The number of amides is 1. The number of rotatable bonds is 15. The van der Waals surface area contributed by atoms with Crippen LogP contribution in [0.2, 0.25) is 0 Å². The fraction of sp³-hybridized carbons (Fsp3) is 0.544. The van der Waals surface area contributed by atoms with E-state index in [1.165, 1.54) is 42.9 Å². The fourth-order valence-electron chi connectivity index (χ4n) is 13.3. The number of benzene rings is 3. The van der Waals surface area contributed by atoms with E-state index >= 15 is 0 Å². The molecule has 18 heteroatoms. The first-order chi connectivity index (χ1) is 36.1. The number of anilines is 2.